The molecule has 0 aromatic heterocycles. The Hall–Kier alpha value is -1.50. The van der Waals surface area contributed by atoms with Crippen LogP contribution < -0.4 is 45.3 Å². The molecular formula is C18H13Cl2N2NaO3. The number of aliphatic carboxylic acids is 1. The minimum Gasteiger partial charge on any atom is -0.548 e. The number of fused-ring (bicyclic) bond motifs is 1. The maximum absolute atomic E-state index is 12.3. The molecule has 1 atom stereocenters. The van der Waals surface area contributed by atoms with E-state index >= 15 is 0 Å². The van der Waals surface area contributed by atoms with Crippen molar-refractivity contribution in [1.82, 2.24) is 0 Å². The van der Waals surface area contributed by atoms with E-state index < -0.39 is 12.0 Å². The smallest absolute Gasteiger partial charge is 0.548 e. The van der Waals surface area contributed by atoms with Crippen LogP contribution in [0.25, 0.3) is 5.57 Å². The number of rotatable bonds is 3. The van der Waals surface area contributed by atoms with E-state index in [1.165, 1.54) is 6.08 Å². The molecule has 8 heteroatoms. The number of carbonyl (C=O) groups excluding carboxylic acids is 2. The van der Waals surface area contributed by atoms with Crippen LogP contribution in [-0.4, -0.2) is 17.9 Å². The molecule has 1 aliphatic rings. The summed E-state index contributed by atoms with van der Waals surface area (Å²) in [6, 6.07) is 11.1. The Kier molecular flexibility index (Phi) is 7.15. The Morgan fingerprint density at radius 1 is 1.19 bits per heavy atom. The molecule has 128 valence electrons. The molecule has 1 aliphatic heterocycles. The number of amides is 1. The normalized spacial score (nSPS) is 16.8. The molecule has 1 amide bonds. The van der Waals surface area contributed by atoms with Crippen molar-refractivity contribution in [2.24, 2.45) is 0 Å². The van der Waals surface area contributed by atoms with Gasteiger partial charge in [-0.15, -0.1) is 0 Å². The maximum Gasteiger partial charge on any atom is 1.00 e. The van der Waals surface area contributed by atoms with Crippen molar-refractivity contribution >= 4 is 52.0 Å². The molecule has 5 nitrogen and oxygen atoms in total. The number of benzene rings is 2. The molecule has 26 heavy (non-hydrogen) atoms. The quantitative estimate of drug-likeness (QED) is 0.561. The molecule has 3 rings (SSSR count). The molecule has 0 saturated carbocycles. The van der Waals surface area contributed by atoms with Gasteiger partial charge >= 0.3 is 29.6 Å². The molecule has 1 heterocycles. The van der Waals surface area contributed by atoms with Crippen molar-refractivity contribution in [1.29, 1.82) is 0 Å². The Morgan fingerprint density at radius 3 is 2.54 bits per heavy atom. The van der Waals surface area contributed by atoms with Crippen LogP contribution >= 0.6 is 23.2 Å². The SMILES string of the molecule is O=C(/C=C1\CC(C(=O)[O-])Nc2cc(Cl)cc(Cl)c21)Nc1ccccc1.[Na+]. The molecule has 2 aromatic rings. The number of anilines is 2. The Balaban J connectivity index is 0.00000243. The van der Waals surface area contributed by atoms with Gasteiger partial charge in [0, 0.05) is 28.0 Å². The van der Waals surface area contributed by atoms with Crippen molar-refractivity contribution in [3.8, 4) is 0 Å². The first-order valence-corrected chi connectivity index (χ1v) is 8.23. The molecule has 0 bridgehead atoms. The third-order valence-corrected chi connectivity index (χ3v) is 4.28. The Bertz CT molecular complexity index is 872. The zero-order chi connectivity index (χ0) is 18.0. The Labute approximate surface area is 182 Å². The number of nitrogens with one attached hydrogen (secondary N) is 2. The number of hydrogen-bond acceptors (Lipinski definition) is 4. The summed E-state index contributed by atoms with van der Waals surface area (Å²) < 4.78 is 0. The minimum absolute atomic E-state index is 0. The number of carbonyl (C=O) groups is 2. The number of para-hydroxylation sites is 1. The second-order valence-corrected chi connectivity index (χ2v) is 6.40. The van der Waals surface area contributed by atoms with Crippen molar-refractivity contribution < 1.29 is 44.3 Å². The average molecular weight is 399 g/mol. The monoisotopic (exact) mass is 398 g/mol. The molecule has 0 radical (unpaired) electrons. The summed E-state index contributed by atoms with van der Waals surface area (Å²) in [6.07, 6.45) is 1.42. The van der Waals surface area contributed by atoms with E-state index in [4.69, 9.17) is 23.2 Å². The summed E-state index contributed by atoms with van der Waals surface area (Å²) in [5.74, 6) is -1.65. The first-order valence-electron chi connectivity index (χ1n) is 7.47. The molecule has 2 N–H and O–H groups in total. The average Bonchev–Trinajstić information content (AvgIpc) is 2.54. The third kappa shape index (κ3) is 4.81. The largest absolute Gasteiger partial charge is 1.00 e. The van der Waals surface area contributed by atoms with Crippen molar-refractivity contribution in [3.05, 3.63) is 64.1 Å². The number of carboxylic acids is 1. The number of halogens is 2. The number of hydrogen-bond donors (Lipinski definition) is 2. The van der Waals surface area contributed by atoms with E-state index in [2.05, 4.69) is 10.6 Å². The van der Waals surface area contributed by atoms with E-state index in [-0.39, 0.29) is 41.9 Å². The van der Waals surface area contributed by atoms with Crippen LogP contribution in [0.5, 0.6) is 0 Å². The first kappa shape index (κ1) is 20.8. The molecule has 0 saturated heterocycles. The molecule has 1 unspecified atom stereocenters. The Morgan fingerprint density at radius 2 is 1.88 bits per heavy atom. The van der Waals surface area contributed by atoms with E-state index in [1.807, 2.05) is 6.07 Å². The fraction of sp³-hybridized carbons (Fsp3) is 0.111. The predicted molar refractivity (Wildman–Crippen MR) is 96.5 cm³/mol. The topological polar surface area (TPSA) is 81.3 Å². The van der Waals surface area contributed by atoms with Crippen LogP contribution in [0.1, 0.15) is 12.0 Å². The van der Waals surface area contributed by atoms with Crippen LogP contribution in [0, 0.1) is 0 Å². The van der Waals surface area contributed by atoms with Gasteiger partial charge in [0.1, 0.15) is 0 Å². The third-order valence-electron chi connectivity index (χ3n) is 3.76. The van der Waals surface area contributed by atoms with E-state index in [9.17, 15) is 14.7 Å². The van der Waals surface area contributed by atoms with Crippen LogP contribution in [0.2, 0.25) is 10.0 Å². The molecule has 0 aliphatic carbocycles. The molecule has 0 fully saturated rings. The zero-order valence-corrected chi connectivity index (χ0v) is 17.4. The predicted octanol–water partition coefficient (Wildman–Crippen LogP) is -0.0464. The van der Waals surface area contributed by atoms with Crippen molar-refractivity contribution in [2.75, 3.05) is 10.6 Å². The molecule has 0 spiro atoms. The minimum atomic E-state index is -1.27. The van der Waals surface area contributed by atoms with Gasteiger partial charge in [0.05, 0.1) is 17.0 Å². The zero-order valence-electron chi connectivity index (χ0n) is 13.9. The second kappa shape index (κ2) is 8.93. The van der Waals surface area contributed by atoms with Gasteiger partial charge in [-0.1, -0.05) is 41.4 Å². The summed E-state index contributed by atoms with van der Waals surface area (Å²) in [5, 5.41) is 17.5. The van der Waals surface area contributed by atoms with Gasteiger partial charge in [-0.05, 0) is 36.3 Å². The van der Waals surface area contributed by atoms with Crippen LogP contribution in [0.4, 0.5) is 11.4 Å². The van der Waals surface area contributed by atoms with Gasteiger partial charge in [-0.2, -0.15) is 0 Å². The van der Waals surface area contributed by atoms with Crippen LogP contribution in [0.3, 0.4) is 0 Å². The van der Waals surface area contributed by atoms with Crippen molar-refractivity contribution in [3.63, 3.8) is 0 Å². The van der Waals surface area contributed by atoms with Crippen LogP contribution in [-0.2, 0) is 9.59 Å². The van der Waals surface area contributed by atoms with Gasteiger partial charge in [0.25, 0.3) is 0 Å². The van der Waals surface area contributed by atoms with E-state index in [0.717, 1.165) is 0 Å². The fourth-order valence-electron chi connectivity index (χ4n) is 2.71. The summed E-state index contributed by atoms with van der Waals surface area (Å²) in [4.78, 5) is 23.6. The first-order chi connectivity index (χ1) is 11.9. The fourth-order valence-corrected chi connectivity index (χ4v) is 3.32. The molecular weight excluding hydrogens is 386 g/mol. The number of carboxylic acid groups (broad SMARTS) is 1. The summed E-state index contributed by atoms with van der Waals surface area (Å²) in [5.41, 5.74) is 2.15. The van der Waals surface area contributed by atoms with Gasteiger partial charge in [0.2, 0.25) is 5.91 Å². The van der Waals surface area contributed by atoms with Crippen LogP contribution in [0.15, 0.2) is 48.5 Å². The van der Waals surface area contributed by atoms with Gasteiger partial charge < -0.3 is 20.5 Å². The van der Waals surface area contributed by atoms with Gasteiger partial charge in [0.15, 0.2) is 0 Å². The summed E-state index contributed by atoms with van der Waals surface area (Å²) >= 11 is 12.2. The summed E-state index contributed by atoms with van der Waals surface area (Å²) in [6.45, 7) is 0. The van der Waals surface area contributed by atoms with Gasteiger partial charge in [-0.25, -0.2) is 0 Å². The van der Waals surface area contributed by atoms with Crippen molar-refractivity contribution in [2.45, 2.75) is 12.5 Å². The standard InChI is InChI=1S/C18H14Cl2N2O3.Na/c19-11-8-13(20)17-10(6-15(18(24)25)22-14(17)9-11)7-16(23)21-12-4-2-1-3-5-12;/h1-5,7-9,15,22H,6H2,(H,21,23)(H,24,25);/q;+1/p-1/b10-7+;. The molecule has 2 aromatic carbocycles. The maximum atomic E-state index is 12.3. The van der Waals surface area contributed by atoms with E-state index in [0.29, 0.717) is 32.6 Å². The summed E-state index contributed by atoms with van der Waals surface area (Å²) in [7, 11) is 0. The second-order valence-electron chi connectivity index (χ2n) is 5.56. The van der Waals surface area contributed by atoms with Gasteiger partial charge in [-0.3, -0.25) is 4.79 Å². The van der Waals surface area contributed by atoms with E-state index in [1.54, 1.807) is 36.4 Å².